The third-order valence-electron chi connectivity index (χ3n) is 5.46. The highest BCUT2D eigenvalue weighted by molar-refractivity contribution is 5.07. The molecule has 2 aliphatic carbocycles. The van der Waals surface area contributed by atoms with Gasteiger partial charge in [0.25, 0.3) is 0 Å². The average molecular weight is 293 g/mol. The minimum absolute atomic E-state index is 0.150. The first-order valence-corrected chi connectivity index (χ1v) is 8.29. The van der Waals surface area contributed by atoms with Gasteiger partial charge in [-0.25, -0.2) is 0 Å². The van der Waals surface area contributed by atoms with Crippen LogP contribution >= 0.6 is 0 Å². The van der Waals surface area contributed by atoms with Crippen LogP contribution in [0.5, 0.6) is 0 Å². The largest absolute Gasteiger partial charge is 0.370 e. The van der Waals surface area contributed by atoms with Gasteiger partial charge in [-0.3, -0.25) is 0 Å². The molecule has 1 aromatic rings. The molecular formula is C16H27N3O2. The lowest BCUT2D eigenvalue weighted by Gasteiger charge is -2.35. The number of rotatable bonds is 3. The van der Waals surface area contributed by atoms with Crippen LogP contribution in [0.15, 0.2) is 4.52 Å². The predicted octanol–water partition coefficient (Wildman–Crippen LogP) is 3.11. The van der Waals surface area contributed by atoms with Crippen LogP contribution in [0.1, 0.15) is 75.9 Å². The van der Waals surface area contributed by atoms with E-state index in [0.717, 1.165) is 50.3 Å². The van der Waals surface area contributed by atoms with Crippen molar-refractivity contribution in [2.45, 2.75) is 75.9 Å². The van der Waals surface area contributed by atoms with E-state index in [4.69, 9.17) is 20.0 Å². The van der Waals surface area contributed by atoms with E-state index in [9.17, 15) is 0 Å². The summed E-state index contributed by atoms with van der Waals surface area (Å²) in [7, 11) is 1.76. The number of aromatic nitrogens is 2. The fourth-order valence-electron chi connectivity index (χ4n) is 3.78. The molecule has 0 aromatic carbocycles. The highest BCUT2D eigenvalue weighted by atomic mass is 16.5. The lowest BCUT2D eigenvalue weighted by Crippen LogP contribution is -2.35. The van der Waals surface area contributed by atoms with Gasteiger partial charge in [0.2, 0.25) is 11.7 Å². The van der Waals surface area contributed by atoms with Crippen LogP contribution in [0.3, 0.4) is 0 Å². The second-order valence-electron chi connectivity index (χ2n) is 6.89. The van der Waals surface area contributed by atoms with Gasteiger partial charge in [0.15, 0.2) is 0 Å². The van der Waals surface area contributed by atoms with E-state index in [2.05, 4.69) is 12.1 Å². The first-order chi connectivity index (χ1) is 10.1. The molecule has 0 amide bonds. The Kier molecular flexibility index (Phi) is 4.31. The van der Waals surface area contributed by atoms with Crippen molar-refractivity contribution < 1.29 is 9.26 Å². The van der Waals surface area contributed by atoms with Crippen LogP contribution in [0.25, 0.3) is 0 Å². The van der Waals surface area contributed by atoms with E-state index < -0.39 is 0 Å². The molecule has 2 unspecified atom stereocenters. The molecule has 21 heavy (non-hydrogen) atoms. The molecule has 1 heterocycles. The summed E-state index contributed by atoms with van der Waals surface area (Å²) in [4.78, 5) is 4.69. The van der Waals surface area contributed by atoms with Crippen molar-refractivity contribution >= 4 is 0 Å². The number of methoxy groups -OCH3 is 1. The van der Waals surface area contributed by atoms with Crippen LogP contribution in [0.2, 0.25) is 0 Å². The van der Waals surface area contributed by atoms with Gasteiger partial charge < -0.3 is 15.0 Å². The first-order valence-electron chi connectivity index (χ1n) is 8.29. The highest BCUT2D eigenvalue weighted by Crippen LogP contribution is 2.41. The van der Waals surface area contributed by atoms with Crippen molar-refractivity contribution in [1.82, 2.24) is 10.1 Å². The van der Waals surface area contributed by atoms with Crippen LogP contribution < -0.4 is 5.73 Å². The Balaban J connectivity index is 1.80. The lowest BCUT2D eigenvalue weighted by atomic mass is 9.79. The number of ether oxygens (including phenoxy) is 1. The molecule has 0 radical (unpaired) electrons. The number of nitrogens with two attached hydrogens (primary N) is 1. The van der Waals surface area contributed by atoms with Gasteiger partial charge in [-0.05, 0) is 44.4 Å². The lowest BCUT2D eigenvalue weighted by molar-refractivity contribution is -0.0609. The number of hydrogen-bond acceptors (Lipinski definition) is 5. The minimum atomic E-state index is -0.354. The quantitative estimate of drug-likeness (QED) is 0.927. The van der Waals surface area contributed by atoms with Crippen molar-refractivity contribution in [2.75, 3.05) is 7.11 Å². The summed E-state index contributed by atoms with van der Waals surface area (Å²) in [5.74, 6) is 2.42. The van der Waals surface area contributed by atoms with Crippen LogP contribution in [0.4, 0.5) is 0 Å². The third kappa shape index (κ3) is 2.86. The molecule has 118 valence electrons. The fourth-order valence-corrected chi connectivity index (χ4v) is 3.78. The molecule has 5 nitrogen and oxygen atoms in total. The zero-order valence-electron chi connectivity index (χ0n) is 13.2. The van der Waals surface area contributed by atoms with Gasteiger partial charge in [0, 0.05) is 13.2 Å². The van der Waals surface area contributed by atoms with Gasteiger partial charge in [0.1, 0.15) is 5.60 Å². The summed E-state index contributed by atoms with van der Waals surface area (Å²) in [5.41, 5.74) is 5.87. The highest BCUT2D eigenvalue weighted by Gasteiger charge is 2.41. The molecule has 2 fully saturated rings. The molecule has 1 aromatic heterocycles. The molecule has 0 aliphatic heterocycles. The second-order valence-corrected chi connectivity index (χ2v) is 6.89. The second kappa shape index (κ2) is 6.05. The number of nitrogens with zero attached hydrogens (tertiary/aromatic N) is 2. The molecular weight excluding hydrogens is 266 g/mol. The Labute approximate surface area is 126 Å². The molecule has 2 aliphatic rings. The molecule has 2 atom stereocenters. The van der Waals surface area contributed by atoms with Crippen molar-refractivity contribution in [3.8, 4) is 0 Å². The molecule has 5 heteroatoms. The molecule has 0 bridgehead atoms. The predicted molar refractivity (Wildman–Crippen MR) is 79.8 cm³/mol. The molecule has 2 saturated carbocycles. The van der Waals surface area contributed by atoms with Crippen LogP contribution in [-0.2, 0) is 10.3 Å². The van der Waals surface area contributed by atoms with Gasteiger partial charge in [-0.15, -0.1) is 0 Å². The zero-order chi connectivity index (χ0) is 14.9. The number of hydrogen-bond donors (Lipinski definition) is 1. The third-order valence-corrected chi connectivity index (χ3v) is 5.46. The van der Waals surface area contributed by atoms with Crippen molar-refractivity contribution in [3.63, 3.8) is 0 Å². The van der Waals surface area contributed by atoms with Gasteiger partial charge in [0.05, 0.1) is 5.92 Å². The van der Waals surface area contributed by atoms with Crippen molar-refractivity contribution in [3.05, 3.63) is 11.7 Å². The maximum atomic E-state index is 6.22. The van der Waals surface area contributed by atoms with Crippen molar-refractivity contribution in [2.24, 2.45) is 11.7 Å². The summed E-state index contributed by atoms with van der Waals surface area (Å²) >= 11 is 0. The molecule has 0 saturated heterocycles. The van der Waals surface area contributed by atoms with E-state index in [1.54, 1.807) is 7.11 Å². The fraction of sp³-hybridized carbons (Fsp3) is 0.875. The smallest absolute Gasteiger partial charge is 0.231 e. The molecule has 2 N–H and O–H groups in total. The summed E-state index contributed by atoms with van der Waals surface area (Å²) in [6.45, 7) is 2.29. The summed E-state index contributed by atoms with van der Waals surface area (Å²) in [5, 5.41) is 4.25. The SMILES string of the molecule is COC1(c2noc(C3CCCCC3N)n2)CCC(C)CC1. The van der Waals surface area contributed by atoms with Gasteiger partial charge in [-0.1, -0.05) is 24.9 Å². The Bertz CT molecular complexity index is 466. The topological polar surface area (TPSA) is 74.2 Å². The maximum absolute atomic E-state index is 6.22. The standard InChI is InChI=1S/C16H27N3O2/c1-11-7-9-16(20-2,10-8-11)15-18-14(21-19-15)12-5-3-4-6-13(12)17/h11-13H,3-10,17H2,1-2H3. The monoisotopic (exact) mass is 293 g/mol. The minimum Gasteiger partial charge on any atom is -0.370 e. The Morgan fingerprint density at radius 2 is 1.90 bits per heavy atom. The summed E-state index contributed by atoms with van der Waals surface area (Å²) in [6.07, 6.45) is 8.76. The van der Waals surface area contributed by atoms with Crippen molar-refractivity contribution in [1.29, 1.82) is 0 Å². The van der Waals surface area contributed by atoms with E-state index in [1.807, 2.05) is 0 Å². The van der Waals surface area contributed by atoms with Crippen LogP contribution in [0, 0.1) is 5.92 Å². The van der Waals surface area contributed by atoms with Crippen LogP contribution in [-0.4, -0.2) is 23.3 Å². The van der Waals surface area contributed by atoms with Gasteiger partial charge in [-0.2, -0.15) is 4.98 Å². The van der Waals surface area contributed by atoms with E-state index in [1.165, 1.54) is 12.8 Å². The Hall–Kier alpha value is -0.940. The molecule has 3 rings (SSSR count). The van der Waals surface area contributed by atoms with E-state index >= 15 is 0 Å². The summed E-state index contributed by atoms with van der Waals surface area (Å²) in [6, 6.07) is 0.150. The Morgan fingerprint density at radius 1 is 1.19 bits per heavy atom. The average Bonchev–Trinajstić information content (AvgIpc) is 2.99. The maximum Gasteiger partial charge on any atom is 0.231 e. The van der Waals surface area contributed by atoms with E-state index in [0.29, 0.717) is 5.89 Å². The summed E-state index contributed by atoms with van der Waals surface area (Å²) < 4.78 is 11.4. The zero-order valence-corrected chi connectivity index (χ0v) is 13.2. The Morgan fingerprint density at radius 3 is 2.57 bits per heavy atom. The van der Waals surface area contributed by atoms with E-state index in [-0.39, 0.29) is 17.6 Å². The first kappa shape index (κ1) is 15.0. The van der Waals surface area contributed by atoms with Gasteiger partial charge >= 0.3 is 0 Å². The normalized spacial score (nSPS) is 37.6. The molecule has 0 spiro atoms.